The van der Waals surface area contributed by atoms with Crippen LogP contribution in [0.2, 0.25) is 0 Å². The average molecular weight is 373 g/mol. The third-order valence-electron chi connectivity index (χ3n) is 7.19. The molecule has 0 aromatic heterocycles. The molecule has 7 nitrogen and oxygen atoms in total. The summed E-state index contributed by atoms with van der Waals surface area (Å²) in [5.74, 6) is 1.40. The standard InChI is InChI=1S/C20H27N3O4/c1-19(2)13-6-7-20(19,3)16(11-13)21-18(25)23-22-17(24)12-4-5-14-15(10-12)27-9-8-26-14/h4-5,10,13,16H,6-9,11H2,1-3H3,(H,22,24)(H2,21,23,25)/t13-,16-,20-/m0/s1. The van der Waals surface area contributed by atoms with Crippen LogP contribution in [0.5, 0.6) is 11.5 Å². The second-order valence-corrected chi connectivity index (χ2v) is 8.57. The first-order valence-corrected chi connectivity index (χ1v) is 9.58. The molecule has 3 atom stereocenters. The molecular formula is C20H27N3O4. The summed E-state index contributed by atoms with van der Waals surface area (Å²) in [6, 6.07) is 4.69. The highest BCUT2D eigenvalue weighted by Gasteiger charge is 2.61. The highest BCUT2D eigenvalue weighted by atomic mass is 16.6. The maximum Gasteiger partial charge on any atom is 0.333 e. The molecule has 1 aliphatic heterocycles. The van der Waals surface area contributed by atoms with Gasteiger partial charge in [0.2, 0.25) is 0 Å². The lowest BCUT2D eigenvalue weighted by Crippen LogP contribution is -2.54. The van der Waals surface area contributed by atoms with Gasteiger partial charge in [-0.3, -0.25) is 10.2 Å². The summed E-state index contributed by atoms with van der Waals surface area (Å²) in [4.78, 5) is 24.6. The molecule has 27 heavy (non-hydrogen) atoms. The van der Waals surface area contributed by atoms with Gasteiger partial charge in [0.25, 0.3) is 5.91 Å². The Hall–Kier alpha value is -2.44. The molecule has 0 radical (unpaired) electrons. The Bertz CT molecular complexity index is 778. The summed E-state index contributed by atoms with van der Waals surface area (Å²) in [6.07, 6.45) is 3.34. The van der Waals surface area contributed by atoms with Crippen molar-refractivity contribution in [3.8, 4) is 11.5 Å². The van der Waals surface area contributed by atoms with Crippen LogP contribution in [-0.2, 0) is 0 Å². The van der Waals surface area contributed by atoms with E-state index in [1.165, 1.54) is 6.42 Å². The van der Waals surface area contributed by atoms with Gasteiger partial charge in [0, 0.05) is 11.6 Å². The van der Waals surface area contributed by atoms with Crippen LogP contribution >= 0.6 is 0 Å². The summed E-state index contributed by atoms with van der Waals surface area (Å²) < 4.78 is 10.9. The van der Waals surface area contributed by atoms with Crippen LogP contribution in [0.4, 0.5) is 4.79 Å². The van der Waals surface area contributed by atoms with E-state index in [1.54, 1.807) is 18.2 Å². The summed E-state index contributed by atoms with van der Waals surface area (Å²) in [7, 11) is 0. The van der Waals surface area contributed by atoms with Crippen LogP contribution in [0, 0.1) is 16.7 Å². The molecule has 1 aromatic rings. The van der Waals surface area contributed by atoms with Crippen LogP contribution in [0.3, 0.4) is 0 Å². The zero-order chi connectivity index (χ0) is 19.2. The molecule has 146 valence electrons. The Morgan fingerprint density at radius 2 is 1.81 bits per heavy atom. The zero-order valence-electron chi connectivity index (χ0n) is 16.1. The van der Waals surface area contributed by atoms with E-state index in [-0.39, 0.29) is 22.9 Å². The van der Waals surface area contributed by atoms with Crippen molar-refractivity contribution in [2.45, 2.75) is 46.1 Å². The largest absolute Gasteiger partial charge is 0.486 e. The normalized spacial score (nSPS) is 29.9. The Morgan fingerprint density at radius 1 is 1.07 bits per heavy atom. The predicted molar refractivity (Wildman–Crippen MR) is 99.6 cm³/mol. The van der Waals surface area contributed by atoms with Crippen molar-refractivity contribution in [2.24, 2.45) is 16.7 Å². The highest BCUT2D eigenvalue weighted by molar-refractivity contribution is 5.95. The number of fused-ring (bicyclic) bond motifs is 3. The first-order chi connectivity index (χ1) is 12.8. The van der Waals surface area contributed by atoms with Gasteiger partial charge in [0.15, 0.2) is 11.5 Å². The van der Waals surface area contributed by atoms with Crippen LogP contribution < -0.4 is 25.6 Å². The molecule has 2 fully saturated rings. The molecule has 0 saturated heterocycles. The molecule has 7 heteroatoms. The average Bonchev–Trinajstić information content (AvgIpc) is 2.99. The minimum Gasteiger partial charge on any atom is -0.486 e. The van der Waals surface area contributed by atoms with E-state index in [4.69, 9.17) is 9.47 Å². The maximum absolute atomic E-state index is 12.3. The highest BCUT2D eigenvalue weighted by Crippen LogP contribution is 2.65. The fraction of sp³-hybridized carbons (Fsp3) is 0.600. The fourth-order valence-corrected chi connectivity index (χ4v) is 4.99. The lowest BCUT2D eigenvalue weighted by molar-refractivity contribution is 0.0930. The lowest BCUT2D eigenvalue weighted by Gasteiger charge is -2.39. The van der Waals surface area contributed by atoms with Crippen LogP contribution in [0.25, 0.3) is 0 Å². The molecular weight excluding hydrogens is 346 g/mol. The zero-order valence-corrected chi connectivity index (χ0v) is 16.1. The maximum atomic E-state index is 12.3. The van der Waals surface area contributed by atoms with Crippen molar-refractivity contribution in [1.82, 2.24) is 16.2 Å². The summed E-state index contributed by atoms with van der Waals surface area (Å²) in [6.45, 7) is 7.81. The van der Waals surface area contributed by atoms with Crippen molar-refractivity contribution in [3.05, 3.63) is 23.8 Å². The minimum atomic E-state index is -0.401. The van der Waals surface area contributed by atoms with E-state index < -0.39 is 5.91 Å². The summed E-state index contributed by atoms with van der Waals surface area (Å²) in [5, 5.41) is 3.05. The number of benzene rings is 1. The number of carbonyl (C=O) groups is 2. The van der Waals surface area contributed by atoms with Crippen LogP contribution in [0.15, 0.2) is 18.2 Å². The smallest absolute Gasteiger partial charge is 0.333 e. The molecule has 0 spiro atoms. The molecule has 2 saturated carbocycles. The van der Waals surface area contributed by atoms with Crippen molar-refractivity contribution >= 4 is 11.9 Å². The number of urea groups is 1. The van der Waals surface area contributed by atoms with Crippen LogP contribution in [0.1, 0.15) is 50.4 Å². The predicted octanol–water partition coefficient (Wildman–Crippen LogP) is 2.62. The Balaban J connectivity index is 1.33. The van der Waals surface area contributed by atoms with Gasteiger partial charge in [-0.05, 0) is 54.2 Å². The summed E-state index contributed by atoms with van der Waals surface area (Å²) in [5.41, 5.74) is 5.64. The lowest BCUT2D eigenvalue weighted by atomic mass is 9.69. The molecule has 3 N–H and O–H groups in total. The first-order valence-electron chi connectivity index (χ1n) is 9.58. The van der Waals surface area contributed by atoms with Crippen molar-refractivity contribution in [3.63, 3.8) is 0 Å². The van der Waals surface area contributed by atoms with E-state index in [2.05, 4.69) is 36.9 Å². The number of ether oxygens (including phenoxy) is 2. The van der Waals surface area contributed by atoms with Crippen molar-refractivity contribution in [1.29, 1.82) is 0 Å². The number of hydrazine groups is 1. The monoisotopic (exact) mass is 373 g/mol. The van der Waals surface area contributed by atoms with E-state index in [9.17, 15) is 9.59 Å². The fourth-order valence-electron chi connectivity index (χ4n) is 4.99. The third-order valence-corrected chi connectivity index (χ3v) is 7.19. The molecule has 1 aromatic carbocycles. The van der Waals surface area contributed by atoms with Gasteiger partial charge in [0.05, 0.1) is 0 Å². The first kappa shape index (κ1) is 17.9. The molecule has 3 amide bonds. The van der Waals surface area contributed by atoms with Gasteiger partial charge in [0.1, 0.15) is 13.2 Å². The molecule has 2 bridgehead atoms. The molecule has 2 aliphatic carbocycles. The second kappa shape index (κ2) is 6.32. The molecule has 1 heterocycles. The van der Waals surface area contributed by atoms with Crippen molar-refractivity contribution in [2.75, 3.05) is 13.2 Å². The topological polar surface area (TPSA) is 88.7 Å². The number of carbonyl (C=O) groups excluding carboxylic acids is 2. The Morgan fingerprint density at radius 3 is 2.48 bits per heavy atom. The van der Waals surface area contributed by atoms with Crippen LogP contribution in [-0.4, -0.2) is 31.2 Å². The minimum absolute atomic E-state index is 0.0921. The van der Waals surface area contributed by atoms with Gasteiger partial charge in [-0.25, -0.2) is 10.2 Å². The Kier molecular flexibility index (Phi) is 4.20. The quantitative estimate of drug-likeness (QED) is 0.696. The van der Waals surface area contributed by atoms with Crippen molar-refractivity contribution < 1.29 is 19.1 Å². The van der Waals surface area contributed by atoms with Gasteiger partial charge >= 0.3 is 6.03 Å². The van der Waals surface area contributed by atoms with E-state index in [0.29, 0.717) is 36.2 Å². The summed E-state index contributed by atoms with van der Waals surface area (Å²) >= 11 is 0. The molecule has 0 unspecified atom stereocenters. The third kappa shape index (κ3) is 2.89. The second-order valence-electron chi connectivity index (χ2n) is 8.57. The molecule has 4 rings (SSSR count). The number of rotatable bonds is 2. The van der Waals surface area contributed by atoms with Gasteiger partial charge in [-0.1, -0.05) is 20.8 Å². The number of hydrogen-bond acceptors (Lipinski definition) is 4. The van der Waals surface area contributed by atoms with E-state index >= 15 is 0 Å². The number of nitrogens with one attached hydrogen (secondary N) is 3. The van der Waals surface area contributed by atoms with E-state index in [1.807, 2.05) is 0 Å². The SMILES string of the molecule is CC1(C)[C@H]2CC[C@@]1(C)[C@@H](NC(=O)NNC(=O)c1ccc3c(c1)OCCO3)C2. The molecule has 3 aliphatic rings. The van der Waals surface area contributed by atoms with Gasteiger partial charge in [-0.2, -0.15) is 0 Å². The van der Waals surface area contributed by atoms with E-state index in [0.717, 1.165) is 12.8 Å². The van der Waals surface area contributed by atoms with Gasteiger partial charge < -0.3 is 14.8 Å². The Labute approximate surface area is 159 Å². The van der Waals surface area contributed by atoms with Gasteiger partial charge in [-0.15, -0.1) is 0 Å². The number of hydrogen-bond donors (Lipinski definition) is 3. The number of amides is 3.